The number of nitrogens with zero attached hydrogens (tertiary/aromatic N) is 2. The Balaban J connectivity index is 1.60. The molecule has 0 saturated carbocycles. The van der Waals surface area contributed by atoms with E-state index in [9.17, 15) is 13.2 Å². The molecule has 0 saturated heterocycles. The summed E-state index contributed by atoms with van der Waals surface area (Å²) in [7, 11) is -3.99. The monoisotopic (exact) mass is 460 g/mol. The zero-order valence-corrected chi connectivity index (χ0v) is 16.6. The molecule has 1 aliphatic rings. The number of halogens is 1. The average Bonchev–Trinajstić information content (AvgIpc) is 2.72. The Morgan fingerprint density at radius 2 is 1.39 bits per heavy atom. The fraction of sp³-hybridized carbons (Fsp3) is 0. The summed E-state index contributed by atoms with van der Waals surface area (Å²) in [5.41, 5.74) is 0.978. The summed E-state index contributed by atoms with van der Waals surface area (Å²) in [6.45, 7) is 0. The molecule has 142 valence electrons. The van der Waals surface area contributed by atoms with Crippen molar-refractivity contribution >= 4 is 43.4 Å². The van der Waals surface area contributed by atoms with Gasteiger partial charge in [0.15, 0.2) is 0 Å². The van der Waals surface area contributed by atoms with E-state index in [0.717, 1.165) is 4.47 Å². The van der Waals surface area contributed by atoms with Crippen LogP contribution in [-0.4, -0.2) is 25.8 Å². The Morgan fingerprint density at radius 1 is 0.821 bits per heavy atom. The molecule has 0 fully saturated rings. The van der Waals surface area contributed by atoms with Crippen molar-refractivity contribution in [1.82, 2.24) is 0 Å². The standard InChI is InChI=1S/C19H13BrN2O5S/c20-15-8-6-14(7-9-15)19(23)26-21-16-10-12-17(13-11-16)22-27-28(24,25)18-4-2-1-3-5-18/h1-13H. The minimum atomic E-state index is -3.99. The van der Waals surface area contributed by atoms with E-state index in [2.05, 4.69) is 30.5 Å². The Kier molecular flexibility index (Phi) is 6.17. The molecule has 0 spiro atoms. The smallest absolute Gasteiger partial charge is 0.312 e. The Hall–Kier alpha value is -3.04. The van der Waals surface area contributed by atoms with Crippen molar-refractivity contribution in [3.05, 3.63) is 88.9 Å². The van der Waals surface area contributed by atoms with Crippen molar-refractivity contribution in [2.45, 2.75) is 4.90 Å². The molecule has 2 aromatic carbocycles. The van der Waals surface area contributed by atoms with Gasteiger partial charge in [-0.15, -0.1) is 0 Å². The van der Waals surface area contributed by atoms with Crippen LogP contribution in [0.5, 0.6) is 0 Å². The van der Waals surface area contributed by atoms with Crippen molar-refractivity contribution in [3.63, 3.8) is 0 Å². The number of carbonyl (C=O) groups is 1. The maximum atomic E-state index is 12.0. The van der Waals surface area contributed by atoms with Crippen LogP contribution < -0.4 is 0 Å². The highest BCUT2D eigenvalue weighted by Gasteiger charge is 2.15. The molecule has 0 bridgehead atoms. The number of carbonyl (C=O) groups excluding carboxylic acids is 1. The number of hydrogen-bond donors (Lipinski definition) is 0. The van der Waals surface area contributed by atoms with Gasteiger partial charge in [-0.1, -0.05) is 44.4 Å². The normalized spacial score (nSPS) is 13.2. The number of oxime groups is 2. The first-order valence-electron chi connectivity index (χ1n) is 7.92. The van der Waals surface area contributed by atoms with Crippen LogP contribution >= 0.6 is 15.9 Å². The van der Waals surface area contributed by atoms with Crippen LogP contribution in [0, 0.1) is 0 Å². The van der Waals surface area contributed by atoms with Gasteiger partial charge in [-0.3, -0.25) is 4.28 Å². The molecule has 0 N–H and O–H groups in total. The lowest BCUT2D eigenvalue weighted by molar-refractivity contribution is 0.0517. The molecular formula is C19H13BrN2O5S. The van der Waals surface area contributed by atoms with Crippen LogP contribution in [0.1, 0.15) is 10.4 Å². The number of allylic oxidation sites excluding steroid dienone is 4. The van der Waals surface area contributed by atoms with Gasteiger partial charge in [0.05, 0.1) is 5.56 Å². The van der Waals surface area contributed by atoms with E-state index in [1.165, 1.54) is 36.4 Å². The summed E-state index contributed by atoms with van der Waals surface area (Å²) in [4.78, 5) is 16.8. The summed E-state index contributed by atoms with van der Waals surface area (Å²) < 4.78 is 29.6. The molecule has 0 unspecified atom stereocenters. The van der Waals surface area contributed by atoms with E-state index in [-0.39, 0.29) is 10.6 Å². The third-order valence-electron chi connectivity index (χ3n) is 3.44. The van der Waals surface area contributed by atoms with Gasteiger partial charge in [-0.05, 0) is 60.7 Å². The molecule has 0 heterocycles. The van der Waals surface area contributed by atoms with Crippen molar-refractivity contribution in [3.8, 4) is 0 Å². The van der Waals surface area contributed by atoms with Crippen LogP contribution in [0.2, 0.25) is 0 Å². The van der Waals surface area contributed by atoms with Crippen molar-refractivity contribution in [1.29, 1.82) is 0 Å². The summed E-state index contributed by atoms with van der Waals surface area (Å²) >= 11 is 3.28. The maximum Gasteiger partial charge on any atom is 0.365 e. The Bertz CT molecular complexity index is 1070. The van der Waals surface area contributed by atoms with Crippen molar-refractivity contribution in [2.24, 2.45) is 10.3 Å². The van der Waals surface area contributed by atoms with Gasteiger partial charge in [-0.2, -0.15) is 8.42 Å². The molecule has 7 nitrogen and oxygen atoms in total. The van der Waals surface area contributed by atoms with Crippen LogP contribution in [0.25, 0.3) is 0 Å². The molecule has 3 rings (SSSR count). The number of rotatable bonds is 5. The number of benzene rings is 2. The number of hydrogen-bond acceptors (Lipinski definition) is 7. The van der Waals surface area contributed by atoms with Crippen LogP contribution in [0.3, 0.4) is 0 Å². The summed E-state index contributed by atoms with van der Waals surface area (Å²) in [5, 5.41) is 7.35. The van der Waals surface area contributed by atoms with Crippen LogP contribution in [-0.2, 0) is 19.2 Å². The van der Waals surface area contributed by atoms with E-state index < -0.39 is 16.1 Å². The zero-order valence-electron chi connectivity index (χ0n) is 14.2. The van der Waals surface area contributed by atoms with Crippen molar-refractivity contribution in [2.75, 3.05) is 0 Å². The average molecular weight is 461 g/mol. The summed E-state index contributed by atoms with van der Waals surface area (Å²) in [5.74, 6) is -0.599. The molecule has 0 amide bonds. The largest absolute Gasteiger partial charge is 0.365 e. The highest BCUT2D eigenvalue weighted by molar-refractivity contribution is 9.10. The minimum absolute atomic E-state index is 0.00484. The molecule has 1 aliphatic carbocycles. The second-order valence-electron chi connectivity index (χ2n) is 5.43. The fourth-order valence-corrected chi connectivity index (χ4v) is 3.05. The molecule has 2 aromatic rings. The fourth-order valence-electron chi connectivity index (χ4n) is 2.03. The van der Waals surface area contributed by atoms with Crippen LogP contribution in [0.4, 0.5) is 0 Å². The second-order valence-corrected chi connectivity index (χ2v) is 7.87. The predicted molar refractivity (Wildman–Crippen MR) is 107 cm³/mol. The topological polar surface area (TPSA) is 94.4 Å². The van der Waals surface area contributed by atoms with Gasteiger partial charge in [-0.25, -0.2) is 4.79 Å². The molecule has 9 heteroatoms. The van der Waals surface area contributed by atoms with E-state index in [1.54, 1.807) is 42.5 Å². The van der Waals surface area contributed by atoms with E-state index in [0.29, 0.717) is 11.3 Å². The van der Waals surface area contributed by atoms with Gasteiger partial charge < -0.3 is 4.84 Å². The first-order chi connectivity index (χ1) is 13.4. The minimum Gasteiger partial charge on any atom is -0.312 e. The molecule has 28 heavy (non-hydrogen) atoms. The summed E-state index contributed by atoms with van der Waals surface area (Å²) in [6, 6.07) is 14.3. The lowest BCUT2D eigenvalue weighted by Gasteiger charge is -2.04. The summed E-state index contributed by atoms with van der Waals surface area (Å²) in [6.07, 6.45) is 5.97. The first kappa shape index (κ1) is 19.7. The predicted octanol–water partition coefficient (Wildman–Crippen LogP) is 3.85. The lowest BCUT2D eigenvalue weighted by atomic mass is 10.1. The third kappa shape index (κ3) is 5.24. The van der Waals surface area contributed by atoms with E-state index in [4.69, 9.17) is 4.84 Å². The molecule has 0 aliphatic heterocycles. The van der Waals surface area contributed by atoms with Gasteiger partial charge >= 0.3 is 16.1 Å². The van der Waals surface area contributed by atoms with Crippen molar-refractivity contribution < 1.29 is 22.3 Å². The quantitative estimate of drug-likeness (QED) is 0.383. The molecular weight excluding hydrogens is 448 g/mol. The van der Waals surface area contributed by atoms with E-state index in [1.807, 2.05) is 0 Å². The van der Waals surface area contributed by atoms with E-state index >= 15 is 0 Å². The SMILES string of the molecule is O=C(ON=C1C=CC(=NOS(=O)(=O)c2ccccc2)C=C1)c1ccc(Br)cc1. The maximum absolute atomic E-state index is 12.0. The van der Waals surface area contributed by atoms with Gasteiger partial charge in [0.1, 0.15) is 16.3 Å². The Morgan fingerprint density at radius 3 is 2.00 bits per heavy atom. The zero-order chi connectivity index (χ0) is 20.0. The highest BCUT2D eigenvalue weighted by Crippen LogP contribution is 2.13. The van der Waals surface area contributed by atoms with Gasteiger partial charge in [0.2, 0.25) is 0 Å². The Labute approximate surface area is 169 Å². The lowest BCUT2D eigenvalue weighted by Crippen LogP contribution is -2.07. The van der Waals surface area contributed by atoms with Gasteiger partial charge in [0, 0.05) is 4.47 Å². The second kappa shape index (κ2) is 8.77. The van der Waals surface area contributed by atoms with Crippen LogP contribution in [0.15, 0.2) is 98.6 Å². The van der Waals surface area contributed by atoms with Gasteiger partial charge in [0.25, 0.3) is 0 Å². The molecule has 0 radical (unpaired) electrons. The molecule has 0 atom stereocenters. The third-order valence-corrected chi connectivity index (χ3v) is 5.09. The first-order valence-corrected chi connectivity index (χ1v) is 10.1. The molecule has 0 aromatic heterocycles. The highest BCUT2D eigenvalue weighted by atomic mass is 79.9.